The minimum Gasteiger partial charge on any atom is -0.481 e. The van der Waals surface area contributed by atoms with Gasteiger partial charge in [0.25, 0.3) is 5.91 Å². The number of likely N-dealkylation sites (tertiary alicyclic amines) is 2. The fourth-order valence-corrected chi connectivity index (χ4v) is 4.12. The Morgan fingerprint density at radius 2 is 1.80 bits per heavy atom. The van der Waals surface area contributed by atoms with E-state index >= 15 is 0 Å². The number of pyridine rings is 1. The van der Waals surface area contributed by atoms with Crippen LogP contribution in [-0.4, -0.2) is 54.0 Å². The van der Waals surface area contributed by atoms with E-state index in [-0.39, 0.29) is 5.91 Å². The number of methoxy groups -OCH3 is 1. The Bertz CT molecular complexity index is 736. The third-order valence-corrected chi connectivity index (χ3v) is 5.31. The number of ether oxygens (including phenoxy) is 1. The summed E-state index contributed by atoms with van der Waals surface area (Å²) in [6, 6.07) is 13.6. The number of rotatable bonds is 4. The molecule has 4 rings (SSSR count). The van der Waals surface area contributed by atoms with Crippen LogP contribution in [0.2, 0.25) is 0 Å². The molecule has 0 bridgehead atoms. The first-order valence-electron chi connectivity index (χ1n) is 8.79. The average Bonchev–Trinajstić information content (AvgIpc) is 3.21. The molecule has 0 radical (unpaired) electrons. The number of aromatic nitrogens is 1. The van der Waals surface area contributed by atoms with Crippen molar-refractivity contribution >= 4 is 5.91 Å². The van der Waals surface area contributed by atoms with Gasteiger partial charge in [-0.3, -0.25) is 9.69 Å². The van der Waals surface area contributed by atoms with Crippen LogP contribution in [-0.2, 0) is 6.54 Å². The normalized spacial score (nSPS) is 22.8. The fraction of sp³-hybridized carbons (Fsp3) is 0.400. The molecule has 1 aromatic carbocycles. The van der Waals surface area contributed by atoms with E-state index < -0.39 is 0 Å². The van der Waals surface area contributed by atoms with Crippen LogP contribution < -0.4 is 4.74 Å². The van der Waals surface area contributed by atoms with Gasteiger partial charge < -0.3 is 9.64 Å². The Hall–Kier alpha value is -2.40. The first-order chi connectivity index (χ1) is 12.2. The number of amides is 1. The molecule has 3 heterocycles. The van der Waals surface area contributed by atoms with Gasteiger partial charge in [-0.15, -0.1) is 0 Å². The van der Waals surface area contributed by atoms with Crippen molar-refractivity contribution in [1.82, 2.24) is 14.8 Å². The van der Waals surface area contributed by atoms with Gasteiger partial charge >= 0.3 is 0 Å². The lowest BCUT2D eigenvalue weighted by Gasteiger charge is -2.22. The molecule has 1 amide bonds. The molecule has 2 fully saturated rings. The number of hydrogen-bond acceptors (Lipinski definition) is 4. The summed E-state index contributed by atoms with van der Waals surface area (Å²) in [6.45, 7) is 4.64. The van der Waals surface area contributed by atoms with Crippen molar-refractivity contribution in [2.75, 3.05) is 33.3 Å². The topological polar surface area (TPSA) is 45.7 Å². The molecule has 0 saturated carbocycles. The molecule has 0 unspecified atom stereocenters. The maximum absolute atomic E-state index is 12.6. The van der Waals surface area contributed by atoms with Gasteiger partial charge in [-0.1, -0.05) is 24.3 Å². The van der Waals surface area contributed by atoms with E-state index in [9.17, 15) is 4.79 Å². The number of carbonyl (C=O) groups excluding carboxylic acids is 1. The largest absolute Gasteiger partial charge is 0.481 e. The van der Waals surface area contributed by atoms with Gasteiger partial charge in [-0.2, -0.15) is 0 Å². The second-order valence-corrected chi connectivity index (χ2v) is 6.96. The zero-order chi connectivity index (χ0) is 17.2. The lowest BCUT2D eigenvalue weighted by atomic mass is 10.0. The second kappa shape index (κ2) is 6.84. The van der Waals surface area contributed by atoms with Crippen LogP contribution in [0.4, 0.5) is 0 Å². The summed E-state index contributed by atoms with van der Waals surface area (Å²) in [4.78, 5) is 21.4. The maximum Gasteiger partial charge on any atom is 0.253 e. The quantitative estimate of drug-likeness (QED) is 0.859. The third kappa shape index (κ3) is 3.24. The van der Waals surface area contributed by atoms with Gasteiger partial charge in [0.2, 0.25) is 5.88 Å². The Morgan fingerprint density at radius 1 is 1.08 bits per heavy atom. The lowest BCUT2D eigenvalue weighted by Crippen LogP contribution is -2.33. The molecule has 5 nitrogen and oxygen atoms in total. The molecule has 5 heteroatoms. The van der Waals surface area contributed by atoms with Gasteiger partial charge in [0, 0.05) is 50.0 Å². The van der Waals surface area contributed by atoms with Gasteiger partial charge in [-0.05, 0) is 30.0 Å². The van der Waals surface area contributed by atoms with E-state index in [1.54, 1.807) is 13.3 Å². The number of nitrogens with zero attached hydrogens (tertiary/aromatic N) is 3. The summed E-state index contributed by atoms with van der Waals surface area (Å²) in [5, 5.41) is 0. The van der Waals surface area contributed by atoms with Crippen molar-refractivity contribution in [1.29, 1.82) is 0 Å². The van der Waals surface area contributed by atoms with Crippen LogP contribution in [0.15, 0.2) is 48.7 Å². The second-order valence-electron chi connectivity index (χ2n) is 6.96. The van der Waals surface area contributed by atoms with E-state index in [2.05, 4.69) is 16.0 Å². The zero-order valence-corrected chi connectivity index (χ0v) is 14.5. The molecule has 2 atom stereocenters. The van der Waals surface area contributed by atoms with Gasteiger partial charge in [0.1, 0.15) is 0 Å². The van der Waals surface area contributed by atoms with Crippen molar-refractivity contribution in [2.24, 2.45) is 11.8 Å². The number of fused-ring (bicyclic) bond motifs is 1. The molecule has 2 aliphatic rings. The highest BCUT2D eigenvalue weighted by Gasteiger charge is 2.41. The Labute approximate surface area is 148 Å². The molecule has 0 spiro atoms. The predicted octanol–water partition coefficient (Wildman–Crippen LogP) is 2.29. The first kappa shape index (κ1) is 16.1. The van der Waals surface area contributed by atoms with E-state index in [1.807, 2.05) is 41.3 Å². The highest BCUT2D eigenvalue weighted by atomic mass is 16.5. The summed E-state index contributed by atoms with van der Waals surface area (Å²) in [7, 11) is 1.66. The molecule has 0 aliphatic carbocycles. The van der Waals surface area contributed by atoms with Gasteiger partial charge in [0.05, 0.1) is 7.11 Å². The third-order valence-electron chi connectivity index (χ3n) is 5.31. The molecule has 1 aromatic heterocycles. The van der Waals surface area contributed by atoms with Crippen LogP contribution in [0.1, 0.15) is 15.9 Å². The minimum atomic E-state index is 0.162. The van der Waals surface area contributed by atoms with Crippen molar-refractivity contribution in [3.05, 3.63) is 59.8 Å². The van der Waals surface area contributed by atoms with Crippen LogP contribution >= 0.6 is 0 Å². The standard InChI is InChI=1S/C20H23N3O2/c1-25-19-16(8-5-9-21-19)10-22-11-17-13-23(14-18(17)12-22)20(24)15-6-3-2-4-7-15/h2-9,17-18H,10-14H2,1H3/t17-,18+. The number of benzene rings is 1. The van der Waals surface area contributed by atoms with Crippen molar-refractivity contribution in [3.63, 3.8) is 0 Å². The lowest BCUT2D eigenvalue weighted by molar-refractivity contribution is 0.0773. The summed E-state index contributed by atoms with van der Waals surface area (Å²) < 4.78 is 5.36. The first-order valence-corrected chi connectivity index (χ1v) is 8.79. The highest BCUT2D eigenvalue weighted by molar-refractivity contribution is 5.94. The molecule has 130 valence electrons. The zero-order valence-electron chi connectivity index (χ0n) is 14.5. The minimum absolute atomic E-state index is 0.162. The summed E-state index contributed by atoms with van der Waals surface area (Å²) in [5.41, 5.74) is 1.92. The van der Waals surface area contributed by atoms with E-state index in [1.165, 1.54) is 0 Å². The fourth-order valence-electron chi connectivity index (χ4n) is 4.12. The smallest absolute Gasteiger partial charge is 0.253 e. The van der Waals surface area contributed by atoms with Crippen LogP contribution in [0.5, 0.6) is 5.88 Å². The number of hydrogen-bond donors (Lipinski definition) is 0. The van der Waals surface area contributed by atoms with E-state index in [0.717, 1.165) is 43.9 Å². The highest BCUT2D eigenvalue weighted by Crippen LogP contribution is 2.33. The van der Waals surface area contributed by atoms with E-state index in [0.29, 0.717) is 17.7 Å². The molecule has 25 heavy (non-hydrogen) atoms. The molecule has 2 saturated heterocycles. The van der Waals surface area contributed by atoms with Gasteiger partial charge in [0.15, 0.2) is 0 Å². The van der Waals surface area contributed by atoms with Crippen molar-refractivity contribution in [2.45, 2.75) is 6.54 Å². The maximum atomic E-state index is 12.6. The molecular weight excluding hydrogens is 314 g/mol. The summed E-state index contributed by atoms with van der Waals surface area (Å²) in [6.07, 6.45) is 1.76. The Morgan fingerprint density at radius 3 is 2.48 bits per heavy atom. The van der Waals surface area contributed by atoms with Crippen LogP contribution in [0, 0.1) is 11.8 Å². The predicted molar refractivity (Wildman–Crippen MR) is 95.4 cm³/mol. The van der Waals surface area contributed by atoms with E-state index in [4.69, 9.17) is 4.74 Å². The van der Waals surface area contributed by atoms with Crippen LogP contribution in [0.25, 0.3) is 0 Å². The number of carbonyl (C=O) groups is 1. The summed E-state index contributed by atoms with van der Waals surface area (Å²) >= 11 is 0. The molecule has 2 aliphatic heterocycles. The van der Waals surface area contributed by atoms with Gasteiger partial charge in [-0.25, -0.2) is 4.98 Å². The molecule has 0 N–H and O–H groups in total. The Balaban J connectivity index is 1.37. The van der Waals surface area contributed by atoms with Crippen LogP contribution in [0.3, 0.4) is 0 Å². The van der Waals surface area contributed by atoms with Crippen molar-refractivity contribution < 1.29 is 9.53 Å². The monoisotopic (exact) mass is 337 g/mol. The summed E-state index contributed by atoms with van der Waals surface area (Å²) in [5.74, 6) is 2.00. The Kier molecular flexibility index (Phi) is 4.40. The van der Waals surface area contributed by atoms with Crippen molar-refractivity contribution in [3.8, 4) is 5.88 Å². The molecular formula is C20H23N3O2. The SMILES string of the molecule is COc1ncccc1CN1C[C@@H]2CN(C(=O)c3ccccc3)C[C@@H]2C1. The average molecular weight is 337 g/mol. The molecule has 2 aromatic rings.